The highest BCUT2D eigenvalue weighted by Crippen LogP contribution is 2.45. The van der Waals surface area contributed by atoms with Gasteiger partial charge in [-0.25, -0.2) is 0 Å². The lowest BCUT2D eigenvalue weighted by Crippen LogP contribution is -2.50. The van der Waals surface area contributed by atoms with Gasteiger partial charge in [-0.15, -0.1) is 0 Å². The molecule has 0 bridgehead atoms. The molecule has 1 aromatic rings. The third-order valence-electron chi connectivity index (χ3n) is 5.95. The van der Waals surface area contributed by atoms with Gasteiger partial charge in [0.05, 0.1) is 18.4 Å². The number of alkyl halides is 3. The standard InChI is InChI=1S/C18H25F3N3O2/c1-11(2)17(5-3-14(22)8-17)16(25)23-6-4-15-12(9-23)7-13(10-24(15)26)18(19,20)21/h7,10-11,14,26H,3-6,8-9,22H2,1-2H3/q+1/t14-,17+/m1/s1. The summed E-state index contributed by atoms with van der Waals surface area (Å²) in [5, 5.41) is 9.91. The molecule has 3 N–H and O–H groups in total. The Balaban J connectivity index is 1.90. The van der Waals surface area contributed by atoms with Crippen LogP contribution in [-0.2, 0) is 23.9 Å². The summed E-state index contributed by atoms with van der Waals surface area (Å²) < 4.78 is 39.6. The van der Waals surface area contributed by atoms with Crippen LogP contribution < -0.4 is 10.5 Å². The molecule has 2 heterocycles. The van der Waals surface area contributed by atoms with Crippen LogP contribution in [0.3, 0.4) is 0 Å². The van der Waals surface area contributed by atoms with Gasteiger partial charge in [-0.2, -0.15) is 13.2 Å². The predicted octanol–water partition coefficient (Wildman–Crippen LogP) is 2.27. The Kier molecular flexibility index (Phi) is 4.67. The summed E-state index contributed by atoms with van der Waals surface area (Å²) in [7, 11) is 0. The minimum atomic E-state index is -4.55. The first-order valence-corrected chi connectivity index (χ1v) is 8.93. The van der Waals surface area contributed by atoms with Gasteiger partial charge < -0.3 is 10.6 Å². The molecule has 0 spiro atoms. The molecule has 1 amide bonds. The normalized spacial score (nSPS) is 26.3. The molecule has 2 atom stereocenters. The van der Waals surface area contributed by atoms with E-state index in [9.17, 15) is 23.2 Å². The lowest BCUT2D eigenvalue weighted by atomic mass is 9.74. The summed E-state index contributed by atoms with van der Waals surface area (Å²) in [6.07, 6.45) is -1.46. The number of nitrogens with zero attached hydrogens (tertiary/aromatic N) is 2. The molecule has 1 aromatic heterocycles. The van der Waals surface area contributed by atoms with Crippen LogP contribution in [0, 0.1) is 11.3 Å². The van der Waals surface area contributed by atoms with Crippen LogP contribution in [0.4, 0.5) is 13.2 Å². The van der Waals surface area contributed by atoms with Gasteiger partial charge in [0.25, 0.3) is 0 Å². The van der Waals surface area contributed by atoms with Crippen LogP contribution >= 0.6 is 0 Å². The van der Waals surface area contributed by atoms with E-state index in [2.05, 4.69) is 0 Å². The average Bonchev–Trinajstić information content (AvgIpc) is 2.96. The number of nitrogens with two attached hydrogens (primary N) is 1. The van der Waals surface area contributed by atoms with Crippen LogP contribution in [0.5, 0.6) is 0 Å². The van der Waals surface area contributed by atoms with Gasteiger partial charge in [0.1, 0.15) is 5.56 Å². The first-order valence-electron chi connectivity index (χ1n) is 8.93. The topological polar surface area (TPSA) is 70.4 Å². The number of hydrogen-bond acceptors (Lipinski definition) is 3. The molecule has 3 rings (SSSR count). The van der Waals surface area contributed by atoms with E-state index in [1.807, 2.05) is 13.8 Å². The highest BCUT2D eigenvalue weighted by Gasteiger charge is 2.49. The van der Waals surface area contributed by atoms with Crippen molar-refractivity contribution in [1.82, 2.24) is 4.90 Å². The Morgan fingerprint density at radius 1 is 1.46 bits per heavy atom. The third kappa shape index (κ3) is 3.15. The van der Waals surface area contributed by atoms with Crippen molar-refractivity contribution in [2.45, 2.75) is 58.3 Å². The maximum Gasteiger partial charge on any atom is 0.422 e. The van der Waals surface area contributed by atoms with E-state index in [1.165, 1.54) is 0 Å². The van der Waals surface area contributed by atoms with Crippen molar-refractivity contribution in [3.63, 3.8) is 0 Å². The Hall–Kier alpha value is -1.83. The number of halogens is 3. The lowest BCUT2D eigenvalue weighted by Gasteiger charge is -2.38. The van der Waals surface area contributed by atoms with Gasteiger partial charge in [0, 0.05) is 22.9 Å². The van der Waals surface area contributed by atoms with Crippen molar-refractivity contribution in [1.29, 1.82) is 0 Å². The summed E-state index contributed by atoms with van der Waals surface area (Å²) in [6, 6.07) is 1.01. The fourth-order valence-corrected chi connectivity index (χ4v) is 4.33. The van der Waals surface area contributed by atoms with Gasteiger partial charge in [-0.3, -0.25) is 10.0 Å². The summed E-state index contributed by atoms with van der Waals surface area (Å²) in [6.45, 7) is 4.44. The van der Waals surface area contributed by atoms with E-state index in [4.69, 9.17) is 5.73 Å². The number of carbonyl (C=O) groups is 1. The second-order valence-electron chi connectivity index (χ2n) is 7.83. The van der Waals surface area contributed by atoms with Crippen LogP contribution in [0.25, 0.3) is 0 Å². The molecule has 1 aliphatic heterocycles. The van der Waals surface area contributed by atoms with Crippen molar-refractivity contribution in [2.24, 2.45) is 17.1 Å². The lowest BCUT2D eigenvalue weighted by molar-refractivity contribution is -0.910. The molecule has 8 heteroatoms. The predicted molar refractivity (Wildman–Crippen MR) is 87.0 cm³/mol. The van der Waals surface area contributed by atoms with Crippen molar-refractivity contribution in [2.75, 3.05) is 6.54 Å². The molecule has 1 fully saturated rings. The molecule has 26 heavy (non-hydrogen) atoms. The van der Waals surface area contributed by atoms with Gasteiger partial charge in [0.15, 0.2) is 0 Å². The first-order chi connectivity index (χ1) is 12.0. The number of carbonyl (C=O) groups excluding carboxylic acids is 1. The second-order valence-corrected chi connectivity index (χ2v) is 7.83. The largest absolute Gasteiger partial charge is 0.422 e. The Morgan fingerprint density at radius 3 is 2.69 bits per heavy atom. The van der Waals surface area contributed by atoms with Crippen molar-refractivity contribution in [3.8, 4) is 0 Å². The second kappa shape index (κ2) is 6.40. The molecule has 2 aliphatic rings. The minimum Gasteiger partial charge on any atom is -0.337 e. The number of pyridine rings is 1. The fourth-order valence-electron chi connectivity index (χ4n) is 4.33. The van der Waals surface area contributed by atoms with E-state index >= 15 is 0 Å². The van der Waals surface area contributed by atoms with Crippen molar-refractivity contribution < 1.29 is 27.9 Å². The average molecular weight is 372 g/mol. The summed E-state index contributed by atoms with van der Waals surface area (Å²) in [5.74, 6) is 0.0715. The third-order valence-corrected chi connectivity index (χ3v) is 5.95. The van der Waals surface area contributed by atoms with E-state index in [1.54, 1.807) is 4.90 Å². The van der Waals surface area contributed by atoms with E-state index < -0.39 is 17.2 Å². The molecule has 1 aliphatic carbocycles. The zero-order valence-electron chi connectivity index (χ0n) is 15.0. The molecule has 5 nitrogen and oxygen atoms in total. The summed E-state index contributed by atoms with van der Waals surface area (Å²) in [4.78, 5) is 14.9. The maximum atomic E-state index is 13.3. The Morgan fingerprint density at radius 2 is 2.15 bits per heavy atom. The molecule has 144 valence electrons. The highest BCUT2D eigenvalue weighted by atomic mass is 19.4. The van der Waals surface area contributed by atoms with Crippen molar-refractivity contribution in [3.05, 3.63) is 29.1 Å². The molecule has 0 saturated heterocycles. The molecule has 0 aromatic carbocycles. The smallest absolute Gasteiger partial charge is 0.337 e. The van der Waals surface area contributed by atoms with Gasteiger partial charge in [-0.1, -0.05) is 13.8 Å². The zero-order chi connectivity index (χ0) is 19.3. The fraction of sp³-hybridized carbons (Fsp3) is 0.667. The van der Waals surface area contributed by atoms with Crippen LogP contribution in [0.1, 0.15) is 49.9 Å². The Bertz CT molecular complexity index is 720. The Labute approximate surface area is 150 Å². The number of aromatic nitrogens is 1. The number of rotatable bonds is 2. The maximum absolute atomic E-state index is 13.3. The quantitative estimate of drug-likeness (QED) is 0.618. The molecular formula is C18H25F3N3O2+. The molecular weight excluding hydrogens is 347 g/mol. The number of fused-ring (bicyclic) bond motifs is 1. The molecule has 0 radical (unpaired) electrons. The van der Waals surface area contributed by atoms with E-state index in [0.29, 0.717) is 48.0 Å². The molecule has 0 unspecified atom stereocenters. The SMILES string of the molecule is CC(C)[C@]1(C(=O)N2CCc3c(cc(C(F)(F)F)c[n+]3O)C2)CC[C@@H](N)C1. The van der Waals surface area contributed by atoms with Crippen molar-refractivity contribution >= 4 is 5.91 Å². The van der Waals surface area contributed by atoms with Gasteiger partial charge >= 0.3 is 6.18 Å². The number of hydrogen-bond donors (Lipinski definition) is 2. The highest BCUT2D eigenvalue weighted by molar-refractivity contribution is 5.83. The van der Waals surface area contributed by atoms with E-state index in [0.717, 1.165) is 12.5 Å². The van der Waals surface area contributed by atoms with Crippen LogP contribution in [0.2, 0.25) is 0 Å². The van der Waals surface area contributed by atoms with Crippen LogP contribution in [-0.4, -0.2) is 28.6 Å². The molecule has 1 saturated carbocycles. The van der Waals surface area contributed by atoms with Crippen LogP contribution in [0.15, 0.2) is 12.3 Å². The zero-order valence-corrected chi connectivity index (χ0v) is 15.0. The van der Waals surface area contributed by atoms with Gasteiger partial charge in [-0.05, 0) is 31.2 Å². The summed E-state index contributed by atoms with van der Waals surface area (Å²) in [5.41, 5.74) is 5.33. The first kappa shape index (κ1) is 18.9. The van der Waals surface area contributed by atoms with Gasteiger partial charge in [0.2, 0.25) is 17.8 Å². The summed E-state index contributed by atoms with van der Waals surface area (Å²) >= 11 is 0. The van der Waals surface area contributed by atoms with E-state index in [-0.39, 0.29) is 24.4 Å². The monoisotopic (exact) mass is 372 g/mol. The number of amides is 1. The minimum absolute atomic E-state index is 0.0186.